The number of carbonyl (C=O) groups excluding carboxylic acids is 2. The molecule has 0 aliphatic carbocycles. The second kappa shape index (κ2) is 9.08. The van der Waals surface area contributed by atoms with E-state index >= 15 is 0 Å². The highest BCUT2D eigenvalue weighted by molar-refractivity contribution is 7.10. The highest BCUT2D eigenvalue weighted by Crippen LogP contribution is 2.38. The predicted molar refractivity (Wildman–Crippen MR) is 114 cm³/mol. The molecule has 2 amide bonds. The van der Waals surface area contributed by atoms with Crippen LogP contribution >= 0.6 is 11.3 Å². The third-order valence-corrected chi connectivity index (χ3v) is 6.67. The summed E-state index contributed by atoms with van der Waals surface area (Å²) in [6.07, 6.45) is 1.60. The summed E-state index contributed by atoms with van der Waals surface area (Å²) >= 11 is 1.70. The van der Waals surface area contributed by atoms with E-state index in [1.165, 1.54) is 17.0 Å². The van der Waals surface area contributed by atoms with Gasteiger partial charge in [-0.25, -0.2) is 4.39 Å². The summed E-state index contributed by atoms with van der Waals surface area (Å²) in [5.74, 6) is -0.516. The molecule has 0 N–H and O–H groups in total. The van der Waals surface area contributed by atoms with Gasteiger partial charge < -0.3 is 9.80 Å². The van der Waals surface area contributed by atoms with Gasteiger partial charge in [0.05, 0.1) is 6.04 Å². The fourth-order valence-corrected chi connectivity index (χ4v) is 4.73. The van der Waals surface area contributed by atoms with Gasteiger partial charge in [-0.1, -0.05) is 32.9 Å². The number of nitrogens with zero attached hydrogens (tertiary/aromatic N) is 2. The van der Waals surface area contributed by atoms with E-state index in [4.69, 9.17) is 0 Å². The molecule has 1 aliphatic heterocycles. The van der Waals surface area contributed by atoms with E-state index in [2.05, 4.69) is 6.07 Å². The van der Waals surface area contributed by atoms with Crippen molar-refractivity contribution in [2.75, 3.05) is 13.1 Å². The lowest BCUT2D eigenvalue weighted by atomic mass is 9.93. The summed E-state index contributed by atoms with van der Waals surface area (Å²) in [7, 11) is 0. The summed E-state index contributed by atoms with van der Waals surface area (Å²) in [6.45, 7) is 8.40. The molecule has 6 heteroatoms. The topological polar surface area (TPSA) is 40.6 Å². The van der Waals surface area contributed by atoms with Crippen molar-refractivity contribution in [1.29, 1.82) is 0 Å². The Hall–Kier alpha value is -2.21. The second-order valence-corrected chi connectivity index (χ2v) is 8.97. The molecule has 2 atom stereocenters. The third-order valence-electron chi connectivity index (χ3n) is 5.68. The molecule has 2 heterocycles. The highest BCUT2D eigenvalue weighted by atomic mass is 32.1. The summed E-state index contributed by atoms with van der Waals surface area (Å²) < 4.78 is 13.5. The van der Waals surface area contributed by atoms with Crippen LogP contribution < -0.4 is 0 Å². The van der Waals surface area contributed by atoms with Crippen molar-refractivity contribution in [3.05, 3.63) is 57.5 Å². The van der Waals surface area contributed by atoms with Gasteiger partial charge in [0.1, 0.15) is 12.4 Å². The first kappa shape index (κ1) is 21.5. The van der Waals surface area contributed by atoms with Crippen LogP contribution in [0.2, 0.25) is 0 Å². The zero-order valence-electron chi connectivity index (χ0n) is 17.5. The number of amides is 2. The molecule has 3 rings (SSSR count). The number of thiophene rings is 1. The maximum atomic E-state index is 13.5. The molecule has 0 spiro atoms. The van der Waals surface area contributed by atoms with E-state index in [-0.39, 0.29) is 42.2 Å². The molecule has 1 aromatic carbocycles. The van der Waals surface area contributed by atoms with Gasteiger partial charge in [0.2, 0.25) is 11.8 Å². The number of carbonyl (C=O) groups is 2. The number of halogens is 1. The van der Waals surface area contributed by atoms with Crippen molar-refractivity contribution >= 4 is 23.2 Å². The van der Waals surface area contributed by atoms with Crippen molar-refractivity contribution in [1.82, 2.24) is 9.80 Å². The van der Waals surface area contributed by atoms with Crippen LogP contribution in [0.25, 0.3) is 0 Å². The van der Waals surface area contributed by atoms with Crippen LogP contribution in [0, 0.1) is 11.7 Å². The maximum Gasteiger partial charge on any atom is 0.243 e. The van der Waals surface area contributed by atoms with E-state index in [9.17, 15) is 14.0 Å². The summed E-state index contributed by atoms with van der Waals surface area (Å²) in [5.41, 5.74) is 2.00. The summed E-state index contributed by atoms with van der Waals surface area (Å²) in [5, 5.41) is 2.04. The van der Waals surface area contributed by atoms with Crippen LogP contribution in [-0.4, -0.2) is 40.7 Å². The molecule has 1 aliphatic rings. The van der Waals surface area contributed by atoms with Crippen LogP contribution in [0.1, 0.15) is 56.2 Å². The number of rotatable bonds is 6. The quantitative estimate of drug-likeness (QED) is 0.688. The van der Waals surface area contributed by atoms with E-state index in [0.29, 0.717) is 6.54 Å². The van der Waals surface area contributed by atoms with Crippen LogP contribution in [0.4, 0.5) is 4.39 Å². The average Bonchev–Trinajstić information content (AvgIpc) is 3.19. The van der Waals surface area contributed by atoms with Crippen molar-refractivity contribution in [3.63, 3.8) is 0 Å². The fraction of sp³-hybridized carbons (Fsp3) is 0.478. The predicted octanol–water partition coefficient (Wildman–Crippen LogP) is 4.64. The lowest BCUT2D eigenvalue weighted by molar-refractivity contribution is -0.145. The van der Waals surface area contributed by atoms with E-state index < -0.39 is 0 Å². The Morgan fingerprint density at radius 3 is 2.52 bits per heavy atom. The van der Waals surface area contributed by atoms with Crippen LogP contribution in [0.15, 0.2) is 35.7 Å². The van der Waals surface area contributed by atoms with Crippen molar-refractivity contribution in [2.45, 2.75) is 52.6 Å². The Morgan fingerprint density at radius 1 is 1.21 bits per heavy atom. The zero-order valence-corrected chi connectivity index (χ0v) is 18.3. The summed E-state index contributed by atoms with van der Waals surface area (Å²) in [4.78, 5) is 30.9. The minimum absolute atomic E-state index is 0.000352. The molecular weight excluding hydrogens is 387 g/mol. The van der Waals surface area contributed by atoms with Gasteiger partial charge in [-0.3, -0.25) is 9.59 Å². The van der Waals surface area contributed by atoms with Gasteiger partial charge in [-0.15, -0.1) is 11.3 Å². The fourth-order valence-electron chi connectivity index (χ4n) is 3.83. The molecule has 0 bridgehead atoms. The van der Waals surface area contributed by atoms with Crippen LogP contribution in [0.3, 0.4) is 0 Å². The minimum Gasteiger partial charge on any atom is -0.330 e. The number of hydrogen-bond acceptors (Lipinski definition) is 3. The Morgan fingerprint density at radius 2 is 1.90 bits per heavy atom. The lowest BCUT2D eigenvalue weighted by Crippen LogP contribution is -2.50. The summed E-state index contributed by atoms with van der Waals surface area (Å²) in [6, 6.07) is 8.18. The van der Waals surface area contributed by atoms with Crippen molar-refractivity contribution in [2.24, 2.45) is 5.92 Å². The molecule has 0 saturated carbocycles. The molecule has 0 saturated heterocycles. The molecule has 1 aromatic heterocycles. The Labute approximate surface area is 176 Å². The smallest absolute Gasteiger partial charge is 0.243 e. The molecule has 4 nitrogen and oxygen atoms in total. The van der Waals surface area contributed by atoms with Gasteiger partial charge in [-0.2, -0.15) is 0 Å². The Balaban J connectivity index is 1.91. The first-order valence-electron chi connectivity index (χ1n) is 10.2. The average molecular weight is 417 g/mol. The van der Waals surface area contributed by atoms with Crippen molar-refractivity contribution in [3.8, 4) is 0 Å². The normalized spacial score (nSPS) is 17.2. The lowest BCUT2D eigenvalue weighted by Gasteiger charge is -2.38. The molecule has 0 radical (unpaired) electrons. The second-order valence-electron chi connectivity index (χ2n) is 7.97. The van der Waals surface area contributed by atoms with Crippen molar-refractivity contribution < 1.29 is 14.0 Å². The monoisotopic (exact) mass is 416 g/mol. The number of hydrogen-bond donors (Lipinski definition) is 0. The standard InChI is InChI=1S/C23H29FN2O2S/c1-5-16(4)26(23(28)15(2)3)14-21(27)25-12-10-20-19(11-13-29-20)22(25)17-6-8-18(24)9-7-17/h6-9,11,13,15-16,22H,5,10,12,14H2,1-4H3/t16-,22-/m1/s1. The van der Waals surface area contributed by atoms with Gasteiger partial charge in [0.25, 0.3) is 0 Å². The third kappa shape index (κ3) is 4.53. The van der Waals surface area contributed by atoms with E-state index in [1.54, 1.807) is 28.4 Å². The Bertz CT molecular complexity index is 862. The molecular formula is C23H29FN2O2S. The molecule has 0 fully saturated rings. The van der Waals surface area contributed by atoms with Gasteiger partial charge in [0, 0.05) is 23.4 Å². The van der Waals surface area contributed by atoms with Gasteiger partial charge in [-0.05, 0) is 54.5 Å². The molecule has 29 heavy (non-hydrogen) atoms. The van der Waals surface area contributed by atoms with Crippen LogP contribution in [-0.2, 0) is 16.0 Å². The highest BCUT2D eigenvalue weighted by Gasteiger charge is 2.34. The first-order chi connectivity index (χ1) is 13.8. The molecule has 2 aromatic rings. The SMILES string of the molecule is CC[C@@H](C)N(CC(=O)N1CCc2sccc2[C@H]1c1ccc(F)cc1)C(=O)C(C)C. The van der Waals surface area contributed by atoms with Gasteiger partial charge in [0.15, 0.2) is 0 Å². The first-order valence-corrected chi connectivity index (χ1v) is 11.1. The van der Waals surface area contributed by atoms with Gasteiger partial charge >= 0.3 is 0 Å². The number of benzene rings is 1. The maximum absolute atomic E-state index is 13.5. The van der Waals surface area contributed by atoms with E-state index in [1.807, 2.05) is 38.0 Å². The molecule has 0 unspecified atom stereocenters. The van der Waals surface area contributed by atoms with Crippen LogP contribution in [0.5, 0.6) is 0 Å². The number of fused-ring (bicyclic) bond motifs is 1. The van der Waals surface area contributed by atoms with E-state index in [0.717, 1.165) is 24.0 Å². The zero-order chi connectivity index (χ0) is 21.1. The molecule has 156 valence electrons. The largest absolute Gasteiger partial charge is 0.330 e. The Kier molecular flexibility index (Phi) is 6.73. The minimum atomic E-state index is -0.293.